The molecule has 1 N–H and O–H groups in total. The van der Waals surface area contributed by atoms with Crippen molar-refractivity contribution in [2.75, 3.05) is 13.7 Å². The third-order valence-corrected chi connectivity index (χ3v) is 4.57. The van der Waals surface area contributed by atoms with E-state index in [4.69, 9.17) is 5.11 Å². The highest BCUT2D eigenvalue weighted by Gasteiger charge is 2.20. The zero-order valence-corrected chi connectivity index (χ0v) is 13.1. The maximum atomic E-state index is 13.0. The van der Waals surface area contributed by atoms with Crippen molar-refractivity contribution in [2.45, 2.75) is 19.9 Å². The van der Waals surface area contributed by atoms with E-state index in [1.54, 1.807) is 26.1 Å². The van der Waals surface area contributed by atoms with E-state index in [9.17, 15) is 9.18 Å². The molecule has 0 aliphatic carbocycles. The van der Waals surface area contributed by atoms with Crippen LogP contribution in [0.5, 0.6) is 0 Å². The van der Waals surface area contributed by atoms with Gasteiger partial charge in [-0.05, 0) is 43.2 Å². The molecule has 21 heavy (non-hydrogen) atoms. The van der Waals surface area contributed by atoms with Gasteiger partial charge in [0.2, 0.25) is 0 Å². The Bertz CT molecular complexity index is 636. The van der Waals surface area contributed by atoms with Crippen molar-refractivity contribution < 1.29 is 14.3 Å². The van der Waals surface area contributed by atoms with Gasteiger partial charge in [-0.25, -0.2) is 4.39 Å². The van der Waals surface area contributed by atoms with Crippen LogP contribution in [0.25, 0.3) is 11.1 Å². The first-order chi connectivity index (χ1) is 9.93. The molecule has 0 aliphatic heterocycles. The van der Waals surface area contributed by atoms with Crippen molar-refractivity contribution in [1.82, 2.24) is 4.90 Å². The number of nitrogens with zero attached hydrogens (tertiary/aromatic N) is 1. The van der Waals surface area contributed by atoms with Gasteiger partial charge < -0.3 is 10.0 Å². The van der Waals surface area contributed by atoms with Crippen LogP contribution in [0.4, 0.5) is 4.39 Å². The molecule has 0 radical (unpaired) electrons. The maximum Gasteiger partial charge on any atom is 0.264 e. The molecule has 1 aromatic heterocycles. The number of halogens is 1. The third kappa shape index (κ3) is 3.31. The second-order valence-electron chi connectivity index (χ2n) is 5.04. The summed E-state index contributed by atoms with van der Waals surface area (Å²) in [4.78, 5) is 15.5. The first-order valence-corrected chi connectivity index (χ1v) is 7.50. The molecule has 1 amide bonds. The smallest absolute Gasteiger partial charge is 0.264 e. The summed E-state index contributed by atoms with van der Waals surface area (Å²) >= 11 is 1.41. The molecule has 1 heterocycles. The van der Waals surface area contributed by atoms with Gasteiger partial charge in [0, 0.05) is 11.9 Å². The molecule has 2 aromatic rings. The summed E-state index contributed by atoms with van der Waals surface area (Å²) in [6.07, 6.45) is 0. The number of aliphatic hydroxyl groups is 1. The Kier molecular flexibility index (Phi) is 4.75. The Balaban J connectivity index is 2.31. The average Bonchev–Trinajstić information content (AvgIpc) is 2.87. The number of benzene rings is 1. The van der Waals surface area contributed by atoms with E-state index in [0.29, 0.717) is 4.88 Å². The van der Waals surface area contributed by atoms with Crippen LogP contribution in [0.2, 0.25) is 0 Å². The normalized spacial score (nSPS) is 12.2. The van der Waals surface area contributed by atoms with E-state index >= 15 is 0 Å². The van der Waals surface area contributed by atoms with Gasteiger partial charge in [0.15, 0.2) is 0 Å². The quantitative estimate of drug-likeness (QED) is 0.941. The lowest BCUT2D eigenvalue weighted by molar-refractivity contribution is 0.0687. The van der Waals surface area contributed by atoms with Crippen LogP contribution in [-0.4, -0.2) is 35.6 Å². The van der Waals surface area contributed by atoms with Gasteiger partial charge in [0.1, 0.15) is 5.82 Å². The van der Waals surface area contributed by atoms with Crippen LogP contribution in [0.3, 0.4) is 0 Å². The largest absolute Gasteiger partial charge is 0.394 e. The summed E-state index contributed by atoms with van der Waals surface area (Å²) in [5, 5.41) is 9.14. The molecule has 1 aromatic carbocycles. The Hall–Kier alpha value is -1.72. The van der Waals surface area contributed by atoms with E-state index in [-0.39, 0.29) is 24.4 Å². The number of carbonyl (C=O) groups excluding carboxylic acids is 1. The number of aliphatic hydroxyl groups excluding tert-OH is 1. The highest BCUT2D eigenvalue weighted by molar-refractivity contribution is 7.14. The first kappa shape index (κ1) is 15.7. The number of aryl methyl sites for hydroxylation is 1. The van der Waals surface area contributed by atoms with E-state index in [0.717, 1.165) is 16.0 Å². The zero-order chi connectivity index (χ0) is 15.6. The standard InChI is InChI=1S/C16H18FNO2S/c1-10(9-19)18(3)16(20)15-8-14(11(2)21-15)12-4-6-13(17)7-5-12/h4-8,10,19H,9H2,1-3H3. The molecule has 2 rings (SSSR count). The molecule has 0 aliphatic rings. The molecular weight excluding hydrogens is 289 g/mol. The average molecular weight is 307 g/mol. The minimum absolute atomic E-state index is 0.0720. The minimum atomic E-state index is -0.278. The SMILES string of the molecule is Cc1sc(C(=O)N(C)C(C)CO)cc1-c1ccc(F)cc1. The molecule has 0 saturated carbocycles. The number of thiophene rings is 1. The van der Waals surface area contributed by atoms with Gasteiger partial charge in [-0.1, -0.05) is 12.1 Å². The highest BCUT2D eigenvalue weighted by Crippen LogP contribution is 2.31. The lowest BCUT2D eigenvalue weighted by Gasteiger charge is -2.22. The van der Waals surface area contributed by atoms with Gasteiger partial charge in [-0.15, -0.1) is 11.3 Å². The fourth-order valence-corrected chi connectivity index (χ4v) is 3.02. The number of likely N-dealkylation sites (N-methyl/N-ethyl adjacent to an activating group) is 1. The molecular formula is C16H18FNO2S. The van der Waals surface area contributed by atoms with Crippen LogP contribution < -0.4 is 0 Å². The van der Waals surface area contributed by atoms with Crippen molar-refractivity contribution in [3.63, 3.8) is 0 Å². The van der Waals surface area contributed by atoms with Gasteiger partial charge in [-0.2, -0.15) is 0 Å². The van der Waals surface area contributed by atoms with Gasteiger partial charge >= 0.3 is 0 Å². The molecule has 1 unspecified atom stereocenters. The summed E-state index contributed by atoms with van der Waals surface area (Å²) in [5.41, 5.74) is 1.83. The number of hydrogen-bond donors (Lipinski definition) is 1. The molecule has 0 saturated heterocycles. The summed E-state index contributed by atoms with van der Waals surface area (Å²) < 4.78 is 13.0. The van der Waals surface area contributed by atoms with E-state index < -0.39 is 0 Å². The maximum absolute atomic E-state index is 13.0. The Morgan fingerprint density at radius 2 is 2.00 bits per heavy atom. The summed E-state index contributed by atoms with van der Waals surface area (Å²) in [7, 11) is 1.68. The lowest BCUT2D eigenvalue weighted by atomic mass is 10.1. The van der Waals surface area contributed by atoms with E-state index in [2.05, 4.69) is 0 Å². The minimum Gasteiger partial charge on any atom is -0.394 e. The second-order valence-corrected chi connectivity index (χ2v) is 6.29. The molecule has 3 nitrogen and oxygen atoms in total. The monoisotopic (exact) mass is 307 g/mol. The van der Waals surface area contributed by atoms with Crippen molar-refractivity contribution in [1.29, 1.82) is 0 Å². The molecule has 0 bridgehead atoms. The highest BCUT2D eigenvalue weighted by atomic mass is 32.1. The molecule has 1 atom stereocenters. The predicted octanol–water partition coefficient (Wildman–Crippen LogP) is 3.32. The molecule has 112 valence electrons. The summed E-state index contributed by atoms with van der Waals surface area (Å²) in [6.45, 7) is 3.66. The van der Waals surface area contributed by atoms with Crippen LogP contribution in [0.15, 0.2) is 30.3 Å². The van der Waals surface area contributed by atoms with Crippen LogP contribution >= 0.6 is 11.3 Å². The Morgan fingerprint density at radius 3 is 2.57 bits per heavy atom. The van der Waals surface area contributed by atoms with Crippen molar-refractivity contribution in [2.24, 2.45) is 0 Å². The topological polar surface area (TPSA) is 40.5 Å². The van der Waals surface area contributed by atoms with Crippen molar-refractivity contribution >= 4 is 17.2 Å². The van der Waals surface area contributed by atoms with Gasteiger partial charge in [0.25, 0.3) is 5.91 Å². The van der Waals surface area contributed by atoms with Crippen LogP contribution in [0, 0.1) is 12.7 Å². The van der Waals surface area contributed by atoms with Crippen LogP contribution in [-0.2, 0) is 0 Å². The number of hydrogen-bond acceptors (Lipinski definition) is 3. The summed E-state index contributed by atoms with van der Waals surface area (Å²) in [6, 6.07) is 7.84. The second kappa shape index (κ2) is 6.37. The van der Waals surface area contributed by atoms with Gasteiger partial charge in [0.05, 0.1) is 17.5 Å². The Morgan fingerprint density at radius 1 is 1.38 bits per heavy atom. The number of rotatable bonds is 4. The predicted molar refractivity (Wildman–Crippen MR) is 83.1 cm³/mol. The fourth-order valence-electron chi connectivity index (χ4n) is 2.00. The van der Waals surface area contributed by atoms with E-state index in [1.165, 1.54) is 28.4 Å². The fraction of sp³-hybridized carbons (Fsp3) is 0.312. The first-order valence-electron chi connectivity index (χ1n) is 6.68. The van der Waals surface area contributed by atoms with Crippen LogP contribution in [0.1, 0.15) is 21.5 Å². The van der Waals surface area contributed by atoms with E-state index in [1.807, 2.05) is 13.0 Å². The molecule has 5 heteroatoms. The molecule has 0 fully saturated rings. The number of carbonyl (C=O) groups is 1. The third-order valence-electron chi connectivity index (χ3n) is 3.53. The number of amides is 1. The van der Waals surface area contributed by atoms with Gasteiger partial charge in [-0.3, -0.25) is 4.79 Å². The lowest BCUT2D eigenvalue weighted by Crippen LogP contribution is -2.36. The molecule has 0 spiro atoms. The summed E-state index contributed by atoms with van der Waals surface area (Å²) in [5.74, 6) is -0.391. The van der Waals surface area contributed by atoms with Crippen molar-refractivity contribution in [3.8, 4) is 11.1 Å². The Labute approximate surface area is 127 Å². The van der Waals surface area contributed by atoms with Crippen molar-refractivity contribution in [3.05, 3.63) is 45.9 Å². The zero-order valence-electron chi connectivity index (χ0n) is 12.3.